The van der Waals surface area contributed by atoms with Crippen molar-refractivity contribution in [2.45, 2.75) is 24.1 Å². The fourth-order valence-corrected chi connectivity index (χ4v) is 5.08. The lowest BCUT2D eigenvalue weighted by Gasteiger charge is -2.10. The molecule has 0 spiro atoms. The van der Waals surface area contributed by atoms with Gasteiger partial charge in [0.1, 0.15) is 28.9 Å². The zero-order valence-corrected chi connectivity index (χ0v) is 20.1. The van der Waals surface area contributed by atoms with Crippen molar-refractivity contribution >= 4 is 23.1 Å². The Kier molecular flexibility index (Phi) is 6.92. The highest BCUT2D eigenvalue weighted by molar-refractivity contribution is 7.98. The number of benzene rings is 2. The van der Waals surface area contributed by atoms with Crippen molar-refractivity contribution in [2.75, 3.05) is 7.11 Å². The number of aromatic nitrogens is 4. The van der Waals surface area contributed by atoms with Crippen molar-refractivity contribution < 1.29 is 13.9 Å². The Balaban J connectivity index is 1.30. The van der Waals surface area contributed by atoms with Crippen LogP contribution >= 0.6 is 23.1 Å². The average Bonchev–Trinajstić information content (AvgIpc) is 3.65. The van der Waals surface area contributed by atoms with Crippen molar-refractivity contribution in [1.82, 2.24) is 19.7 Å². The first-order valence-electron chi connectivity index (χ1n) is 10.6. The largest absolute Gasteiger partial charge is 0.497 e. The highest BCUT2D eigenvalue weighted by atomic mass is 32.2. The number of ether oxygens (including phenoxy) is 2. The van der Waals surface area contributed by atoms with Crippen molar-refractivity contribution in [3.63, 3.8) is 0 Å². The van der Waals surface area contributed by atoms with Crippen LogP contribution in [0, 0.1) is 0 Å². The number of nitrogens with zero attached hydrogens (tertiary/aromatic N) is 4. The smallest absolute Gasteiger partial charge is 0.192 e. The van der Waals surface area contributed by atoms with Gasteiger partial charge in [0.25, 0.3) is 0 Å². The third-order valence-corrected chi connectivity index (χ3v) is 6.98. The molecule has 3 aromatic heterocycles. The maximum atomic E-state index is 5.95. The first-order chi connectivity index (χ1) is 16.8. The van der Waals surface area contributed by atoms with Crippen molar-refractivity contribution in [3.8, 4) is 22.1 Å². The molecule has 7 nitrogen and oxygen atoms in total. The van der Waals surface area contributed by atoms with Gasteiger partial charge in [-0.3, -0.25) is 4.57 Å². The van der Waals surface area contributed by atoms with E-state index in [1.165, 1.54) is 0 Å². The van der Waals surface area contributed by atoms with E-state index in [0.29, 0.717) is 12.3 Å². The van der Waals surface area contributed by atoms with Crippen LogP contribution in [0.1, 0.15) is 17.3 Å². The van der Waals surface area contributed by atoms with E-state index < -0.39 is 0 Å². The molecule has 0 atom stereocenters. The third-order valence-electron chi connectivity index (χ3n) is 5.04. The maximum Gasteiger partial charge on any atom is 0.192 e. The summed E-state index contributed by atoms with van der Waals surface area (Å²) in [5.41, 5.74) is 2.14. The lowest BCUT2D eigenvalue weighted by molar-refractivity contribution is 0.287. The first-order valence-corrected chi connectivity index (χ1v) is 12.5. The maximum absolute atomic E-state index is 5.95. The summed E-state index contributed by atoms with van der Waals surface area (Å²) >= 11 is 3.25. The predicted molar refractivity (Wildman–Crippen MR) is 132 cm³/mol. The van der Waals surface area contributed by atoms with Gasteiger partial charge in [-0.15, -0.1) is 21.5 Å². The van der Waals surface area contributed by atoms with Gasteiger partial charge in [-0.2, -0.15) is 0 Å². The summed E-state index contributed by atoms with van der Waals surface area (Å²) < 4.78 is 18.7. The van der Waals surface area contributed by atoms with E-state index >= 15 is 0 Å². The van der Waals surface area contributed by atoms with Crippen LogP contribution < -0.4 is 9.47 Å². The summed E-state index contributed by atoms with van der Waals surface area (Å²) in [4.78, 5) is 4.78. The first kappa shape index (κ1) is 22.2. The minimum atomic E-state index is 0.287. The zero-order valence-electron chi connectivity index (χ0n) is 18.5. The molecular weight excluding hydrogens is 468 g/mol. The SMILES string of the molecule is COc1ccc(OCc2nnc(SCc3csc(-c4ccccc4)n3)n2Cc2ccco2)cc1. The van der Waals surface area contributed by atoms with Gasteiger partial charge in [0.05, 0.1) is 25.6 Å². The molecule has 5 rings (SSSR count). The predicted octanol–water partition coefficient (Wildman–Crippen LogP) is 5.92. The Labute approximate surface area is 205 Å². The van der Waals surface area contributed by atoms with Crippen LogP contribution in [0.15, 0.2) is 87.9 Å². The molecule has 9 heteroatoms. The van der Waals surface area contributed by atoms with Crippen LogP contribution in [0.4, 0.5) is 0 Å². The molecule has 0 bridgehead atoms. The van der Waals surface area contributed by atoms with Gasteiger partial charge in [0, 0.05) is 16.7 Å². The van der Waals surface area contributed by atoms with Gasteiger partial charge < -0.3 is 13.9 Å². The fraction of sp³-hybridized carbons (Fsp3) is 0.160. The summed E-state index contributed by atoms with van der Waals surface area (Å²) in [6, 6.07) is 21.5. The molecule has 0 radical (unpaired) electrons. The van der Waals surface area contributed by atoms with Crippen molar-refractivity contribution in [3.05, 3.63) is 95.7 Å². The van der Waals surface area contributed by atoms with Gasteiger partial charge >= 0.3 is 0 Å². The molecule has 0 aliphatic carbocycles. The number of hydrogen-bond donors (Lipinski definition) is 0. The highest BCUT2D eigenvalue weighted by Crippen LogP contribution is 2.28. The summed E-state index contributed by atoms with van der Waals surface area (Å²) in [6.07, 6.45) is 1.67. The van der Waals surface area contributed by atoms with Gasteiger partial charge in [-0.05, 0) is 36.4 Å². The average molecular weight is 491 g/mol. The van der Waals surface area contributed by atoms with E-state index in [9.17, 15) is 0 Å². The molecule has 172 valence electrons. The number of thioether (sulfide) groups is 1. The van der Waals surface area contributed by atoms with E-state index in [1.807, 2.05) is 59.2 Å². The second-order valence-electron chi connectivity index (χ2n) is 7.33. The zero-order chi connectivity index (χ0) is 23.2. The lowest BCUT2D eigenvalue weighted by Crippen LogP contribution is -2.09. The molecule has 0 amide bonds. The molecule has 0 saturated carbocycles. The van der Waals surface area contributed by atoms with Gasteiger partial charge in [0.2, 0.25) is 0 Å². The molecule has 0 aliphatic heterocycles. The van der Waals surface area contributed by atoms with Crippen LogP contribution in [0.25, 0.3) is 10.6 Å². The van der Waals surface area contributed by atoms with E-state index in [-0.39, 0.29) is 6.61 Å². The Morgan fingerprint density at radius 1 is 0.971 bits per heavy atom. The van der Waals surface area contributed by atoms with Gasteiger partial charge in [-0.25, -0.2) is 4.98 Å². The fourth-order valence-electron chi connectivity index (χ4n) is 3.29. The summed E-state index contributed by atoms with van der Waals surface area (Å²) in [6.45, 7) is 0.811. The molecule has 0 fully saturated rings. The lowest BCUT2D eigenvalue weighted by atomic mass is 10.2. The summed E-state index contributed by atoms with van der Waals surface area (Å²) in [5.74, 6) is 3.76. The van der Waals surface area contributed by atoms with Crippen LogP contribution in [0.5, 0.6) is 11.5 Å². The Hall–Kier alpha value is -3.56. The van der Waals surface area contributed by atoms with Gasteiger partial charge in [-0.1, -0.05) is 42.1 Å². The number of furan rings is 1. The van der Waals surface area contributed by atoms with Crippen molar-refractivity contribution in [2.24, 2.45) is 0 Å². The Bertz CT molecular complexity index is 1320. The molecule has 2 aromatic carbocycles. The normalized spacial score (nSPS) is 11.0. The highest BCUT2D eigenvalue weighted by Gasteiger charge is 2.16. The van der Waals surface area contributed by atoms with Crippen LogP contribution in [0.2, 0.25) is 0 Å². The monoisotopic (exact) mass is 490 g/mol. The molecule has 0 unspecified atom stereocenters. The standard InChI is InChI=1S/C25H22N4O3S2/c1-30-20-9-11-21(12-10-20)32-15-23-27-28-25(29(23)14-22-8-5-13-31-22)34-17-19-16-33-24(26-19)18-6-3-2-4-7-18/h2-13,16H,14-15,17H2,1H3. The topological polar surface area (TPSA) is 75.2 Å². The Morgan fingerprint density at radius 2 is 1.79 bits per heavy atom. The molecule has 0 N–H and O–H groups in total. The van der Waals surface area contributed by atoms with Crippen LogP contribution in [-0.2, 0) is 18.9 Å². The minimum absolute atomic E-state index is 0.287. The number of hydrogen-bond acceptors (Lipinski definition) is 8. The second kappa shape index (κ2) is 10.6. The number of thiazole rings is 1. The van der Waals surface area contributed by atoms with E-state index in [1.54, 1.807) is 36.5 Å². The van der Waals surface area contributed by atoms with E-state index in [4.69, 9.17) is 18.9 Å². The van der Waals surface area contributed by atoms with Crippen LogP contribution in [0.3, 0.4) is 0 Å². The van der Waals surface area contributed by atoms with E-state index in [2.05, 4.69) is 27.7 Å². The summed E-state index contributed by atoms with van der Waals surface area (Å²) in [5, 5.41) is 12.7. The molecule has 0 saturated heterocycles. The van der Waals surface area contributed by atoms with Crippen LogP contribution in [-0.4, -0.2) is 26.9 Å². The second-order valence-corrected chi connectivity index (χ2v) is 9.13. The molecular formula is C25H22N4O3S2. The molecule has 5 aromatic rings. The summed E-state index contributed by atoms with van der Waals surface area (Å²) in [7, 11) is 1.64. The third kappa shape index (κ3) is 5.32. The quantitative estimate of drug-likeness (QED) is 0.225. The number of methoxy groups -OCH3 is 1. The molecule has 3 heterocycles. The van der Waals surface area contributed by atoms with E-state index in [0.717, 1.165) is 44.5 Å². The minimum Gasteiger partial charge on any atom is -0.497 e. The van der Waals surface area contributed by atoms with Crippen molar-refractivity contribution in [1.29, 1.82) is 0 Å². The molecule has 34 heavy (non-hydrogen) atoms. The Morgan fingerprint density at radius 3 is 2.56 bits per heavy atom. The molecule has 0 aliphatic rings. The van der Waals surface area contributed by atoms with Gasteiger partial charge in [0.15, 0.2) is 11.0 Å². The number of rotatable bonds is 10.